The van der Waals surface area contributed by atoms with Crippen LogP contribution in [0.4, 0.5) is 0 Å². The molecule has 0 bridgehead atoms. The third-order valence-electron chi connectivity index (χ3n) is 3.55. The largest absolute Gasteiger partial charge is 0.478 e. The van der Waals surface area contributed by atoms with Crippen LogP contribution in [0.1, 0.15) is 10.4 Å². The van der Waals surface area contributed by atoms with Crippen molar-refractivity contribution in [2.24, 2.45) is 0 Å². The van der Waals surface area contributed by atoms with E-state index in [1.807, 2.05) is 0 Å². The van der Waals surface area contributed by atoms with Crippen molar-refractivity contribution in [1.29, 1.82) is 0 Å². The Hall–Kier alpha value is -1.24. The summed E-state index contributed by atoms with van der Waals surface area (Å²) in [5.74, 6) is -0.540. The summed E-state index contributed by atoms with van der Waals surface area (Å²) in [5, 5.41) is 9.11. The number of benzene rings is 1. The Bertz CT molecular complexity index is 499. The van der Waals surface area contributed by atoms with Gasteiger partial charge in [0.1, 0.15) is 0 Å². The highest BCUT2D eigenvalue weighted by atomic mass is 32.2. The van der Waals surface area contributed by atoms with E-state index in [4.69, 9.17) is 5.11 Å². The molecule has 0 amide bonds. The Balaban J connectivity index is 1.94. The van der Waals surface area contributed by atoms with Crippen molar-refractivity contribution in [3.63, 3.8) is 0 Å². The van der Waals surface area contributed by atoms with Crippen molar-refractivity contribution in [3.8, 4) is 0 Å². The van der Waals surface area contributed by atoms with Crippen molar-refractivity contribution in [3.05, 3.63) is 29.8 Å². The van der Waals surface area contributed by atoms with E-state index in [9.17, 15) is 9.00 Å². The average Bonchev–Trinajstić information content (AvgIpc) is 2.46. The van der Waals surface area contributed by atoms with Crippen LogP contribution in [0.25, 0.3) is 0 Å². The molecule has 1 atom stereocenters. The van der Waals surface area contributed by atoms with Gasteiger partial charge < -0.3 is 10.0 Å². The summed E-state index contributed by atoms with van der Waals surface area (Å²) in [4.78, 5) is 16.1. The molecule has 20 heavy (non-hydrogen) atoms. The molecule has 0 spiro atoms. The second kappa shape index (κ2) is 6.97. The SMILES string of the molecule is CN1CCN(CCS(=O)c2ccccc2C(=O)O)CC1. The topological polar surface area (TPSA) is 60.9 Å². The molecule has 5 nitrogen and oxygen atoms in total. The first kappa shape index (κ1) is 15.2. The zero-order valence-corrected chi connectivity index (χ0v) is 12.4. The second-order valence-corrected chi connectivity index (χ2v) is 6.53. The van der Waals surface area contributed by atoms with Gasteiger partial charge in [0.25, 0.3) is 0 Å². The second-order valence-electron chi connectivity index (χ2n) is 5.00. The predicted octanol–water partition coefficient (Wildman–Crippen LogP) is 0.740. The summed E-state index contributed by atoms with van der Waals surface area (Å²) >= 11 is 0. The van der Waals surface area contributed by atoms with Gasteiger partial charge in [0.05, 0.1) is 21.3 Å². The molecule has 1 aliphatic rings. The maximum Gasteiger partial charge on any atom is 0.336 e. The minimum absolute atomic E-state index is 0.143. The third kappa shape index (κ3) is 3.88. The molecule has 1 aliphatic heterocycles. The number of carboxylic acids is 1. The van der Waals surface area contributed by atoms with Gasteiger partial charge in [0.2, 0.25) is 0 Å². The maximum absolute atomic E-state index is 12.3. The molecule has 1 saturated heterocycles. The summed E-state index contributed by atoms with van der Waals surface area (Å²) < 4.78 is 12.3. The van der Waals surface area contributed by atoms with Crippen molar-refractivity contribution < 1.29 is 14.1 Å². The van der Waals surface area contributed by atoms with Gasteiger partial charge >= 0.3 is 5.97 Å². The first-order valence-corrected chi connectivity index (χ1v) is 8.01. The molecule has 0 saturated carbocycles. The molecule has 1 aromatic rings. The van der Waals surface area contributed by atoms with E-state index in [1.54, 1.807) is 18.2 Å². The summed E-state index contributed by atoms with van der Waals surface area (Å²) in [5.41, 5.74) is 0.143. The van der Waals surface area contributed by atoms with Gasteiger partial charge in [0.15, 0.2) is 0 Å². The number of carbonyl (C=O) groups is 1. The summed E-state index contributed by atoms with van der Waals surface area (Å²) in [6.07, 6.45) is 0. The minimum Gasteiger partial charge on any atom is -0.478 e. The third-order valence-corrected chi connectivity index (χ3v) is 4.95. The van der Waals surface area contributed by atoms with Gasteiger partial charge in [-0.1, -0.05) is 12.1 Å². The molecule has 0 aromatic heterocycles. The van der Waals surface area contributed by atoms with E-state index in [2.05, 4.69) is 16.8 Å². The van der Waals surface area contributed by atoms with Crippen molar-refractivity contribution in [1.82, 2.24) is 9.80 Å². The molecule has 1 heterocycles. The highest BCUT2D eigenvalue weighted by molar-refractivity contribution is 7.85. The van der Waals surface area contributed by atoms with Crippen molar-refractivity contribution in [2.75, 3.05) is 45.5 Å². The van der Waals surface area contributed by atoms with Gasteiger partial charge in [-0.25, -0.2) is 4.79 Å². The van der Waals surface area contributed by atoms with Gasteiger partial charge in [-0.2, -0.15) is 0 Å². The fraction of sp³-hybridized carbons (Fsp3) is 0.500. The molecular weight excluding hydrogens is 276 g/mol. The molecule has 2 rings (SSSR count). The standard InChI is InChI=1S/C14H20N2O3S/c1-15-6-8-16(9-7-15)10-11-20(19)13-5-3-2-4-12(13)14(17)18/h2-5H,6-11H2,1H3,(H,17,18). The average molecular weight is 296 g/mol. The Labute approximate surface area is 121 Å². The smallest absolute Gasteiger partial charge is 0.336 e. The molecule has 1 fully saturated rings. The van der Waals surface area contributed by atoms with Crippen LogP contribution in [-0.2, 0) is 10.8 Å². The number of carboxylic acid groups (broad SMARTS) is 1. The van der Waals surface area contributed by atoms with Crippen molar-refractivity contribution in [2.45, 2.75) is 4.90 Å². The van der Waals surface area contributed by atoms with Crippen LogP contribution in [-0.4, -0.2) is 70.6 Å². The van der Waals surface area contributed by atoms with Gasteiger partial charge in [-0.15, -0.1) is 0 Å². The zero-order valence-electron chi connectivity index (χ0n) is 11.6. The van der Waals surface area contributed by atoms with E-state index >= 15 is 0 Å². The fourth-order valence-electron chi connectivity index (χ4n) is 2.24. The number of hydrogen-bond acceptors (Lipinski definition) is 4. The highest BCUT2D eigenvalue weighted by Gasteiger charge is 2.17. The number of likely N-dealkylation sites (N-methyl/N-ethyl adjacent to an activating group) is 1. The molecular formula is C14H20N2O3S. The van der Waals surface area contributed by atoms with Crippen molar-refractivity contribution >= 4 is 16.8 Å². The summed E-state index contributed by atoms with van der Waals surface area (Å²) in [7, 11) is 0.834. The molecule has 0 radical (unpaired) electrons. The van der Waals surface area contributed by atoms with E-state index in [-0.39, 0.29) is 5.56 Å². The molecule has 0 aliphatic carbocycles. The Morgan fingerprint density at radius 2 is 1.90 bits per heavy atom. The van der Waals surface area contributed by atoms with Crippen LogP contribution in [0.3, 0.4) is 0 Å². The van der Waals surface area contributed by atoms with E-state index in [0.29, 0.717) is 10.6 Å². The van der Waals surface area contributed by atoms with Crippen LogP contribution >= 0.6 is 0 Å². The predicted molar refractivity (Wildman–Crippen MR) is 78.6 cm³/mol. The summed E-state index contributed by atoms with van der Waals surface area (Å²) in [6, 6.07) is 6.54. The quantitative estimate of drug-likeness (QED) is 0.868. The van der Waals surface area contributed by atoms with Crippen LogP contribution < -0.4 is 0 Å². The van der Waals surface area contributed by atoms with Gasteiger partial charge in [0, 0.05) is 38.5 Å². The highest BCUT2D eigenvalue weighted by Crippen LogP contribution is 2.14. The molecule has 1 unspecified atom stereocenters. The lowest BCUT2D eigenvalue weighted by atomic mass is 10.2. The van der Waals surface area contributed by atoms with E-state index in [1.165, 1.54) is 6.07 Å². The number of piperazine rings is 1. The Morgan fingerprint density at radius 3 is 2.55 bits per heavy atom. The zero-order chi connectivity index (χ0) is 14.5. The fourth-order valence-corrected chi connectivity index (χ4v) is 3.51. The van der Waals surface area contributed by atoms with E-state index < -0.39 is 16.8 Å². The first-order valence-electron chi connectivity index (χ1n) is 6.69. The summed E-state index contributed by atoms with van der Waals surface area (Å²) in [6.45, 7) is 4.76. The molecule has 6 heteroatoms. The monoisotopic (exact) mass is 296 g/mol. The lowest BCUT2D eigenvalue weighted by Crippen LogP contribution is -2.45. The van der Waals surface area contributed by atoms with E-state index in [0.717, 1.165) is 32.7 Å². The van der Waals surface area contributed by atoms with Gasteiger partial charge in [-0.05, 0) is 19.2 Å². The number of hydrogen-bond donors (Lipinski definition) is 1. The van der Waals surface area contributed by atoms with Crippen LogP contribution in [0.2, 0.25) is 0 Å². The molecule has 1 aromatic carbocycles. The number of aromatic carboxylic acids is 1. The van der Waals surface area contributed by atoms with Crippen LogP contribution in [0, 0.1) is 0 Å². The number of rotatable bonds is 5. The normalized spacial score (nSPS) is 18.9. The Kier molecular flexibility index (Phi) is 5.28. The first-order chi connectivity index (χ1) is 9.58. The lowest BCUT2D eigenvalue weighted by Gasteiger charge is -2.32. The lowest BCUT2D eigenvalue weighted by molar-refractivity contribution is 0.0693. The van der Waals surface area contributed by atoms with Crippen LogP contribution in [0.15, 0.2) is 29.2 Å². The molecule has 1 N–H and O–H groups in total. The number of nitrogens with zero attached hydrogens (tertiary/aromatic N) is 2. The van der Waals surface area contributed by atoms with Gasteiger partial charge in [-0.3, -0.25) is 9.11 Å². The van der Waals surface area contributed by atoms with Crippen LogP contribution in [0.5, 0.6) is 0 Å². The Morgan fingerprint density at radius 1 is 1.25 bits per heavy atom. The maximum atomic E-state index is 12.3. The molecule has 110 valence electrons. The minimum atomic E-state index is -1.26.